The maximum atomic E-state index is 12.1. The highest BCUT2D eigenvalue weighted by Gasteiger charge is 2.29. The van der Waals surface area contributed by atoms with Crippen molar-refractivity contribution in [2.75, 3.05) is 19.8 Å². The number of allylic oxidation sites excluding steroid dienone is 2. The van der Waals surface area contributed by atoms with E-state index in [4.69, 9.17) is 4.74 Å². The highest BCUT2D eigenvalue weighted by molar-refractivity contribution is 4.93. The summed E-state index contributed by atoms with van der Waals surface area (Å²) in [4.78, 5) is 0. The standard InChI is InChI=1S/C15H26F3NO2/c1-11-5-3-4-6-13(11)9-21-10-14(20)8-19-12(2)7-15(16,17)18/h3-4,11-14,19-20H,5-10H2,1-2H3. The molecule has 0 saturated carbocycles. The van der Waals surface area contributed by atoms with E-state index in [0.29, 0.717) is 18.4 Å². The highest BCUT2D eigenvalue weighted by Crippen LogP contribution is 2.25. The summed E-state index contributed by atoms with van der Waals surface area (Å²) in [7, 11) is 0. The molecule has 0 heterocycles. The lowest BCUT2D eigenvalue weighted by Crippen LogP contribution is -2.38. The van der Waals surface area contributed by atoms with E-state index in [0.717, 1.165) is 12.8 Å². The predicted octanol–water partition coefficient (Wildman–Crippen LogP) is 2.90. The molecule has 0 aromatic carbocycles. The minimum Gasteiger partial charge on any atom is -0.389 e. The van der Waals surface area contributed by atoms with E-state index in [-0.39, 0.29) is 13.2 Å². The quantitative estimate of drug-likeness (QED) is 0.678. The van der Waals surface area contributed by atoms with E-state index in [1.54, 1.807) is 0 Å². The molecular formula is C15H26F3NO2. The van der Waals surface area contributed by atoms with Gasteiger partial charge in [-0.25, -0.2) is 0 Å². The first-order valence-electron chi connectivity index (χ1n) is 7.49. The number of nitrogens with one attached hydrogen (secondary N) is 1. The fraction of sp³-hybridized carbons (Fsp3) is 0.867. The van der Waals surface area contributed by atoms with Crippen molar-refractivity contribution in [3.8, 4) is 0 Å². The number of ether oxygens (including phenoxy) is 1. The Kier molecular flexibility index (Phi) is 7.70. The van der Waals surface area contributed by atoms with E-state index in [9.17, 15) is 18.3 Å². The summed E-state index contributed by atoms with van der Waals surface area (Å²) in [5.74, 6) is 1.02. The molecule has 4 unspecified atom stereocenters. The molecule has 21 heavy (non-hydrogen) atoms. The van der Waals surface area contributed by atoms with E-state index in [1.165, 1.54) is 6.92 Å². The smallest absolute Gasteiger partial charge is 0.389 e. The Hall–Kier alpha value is -0.590. The van der Waals surface area contributed by atoms with Gasteiger partial charge in [0.1, 0.15) is 0 Å². The SMILES string of the molecule is CC(CC(F)(F)F)NCC(O)COCC1CC=CCC1C. The third-order valence-corrected chi connectivity index (χ3v) is 3.80. The van der Waals surface area contributed by atoms with Crippen LogP contribution >= 0.6 is 0 Å². The van der Waals surface area contributed by atoms with Crippen LogP contribution in [0.25, 0.3) is 0 Å². The number of aliphatic hydroxyl groups excluding tert-OH is 1. The minimum absolute atomic E-state index is 0.109. The van der Waals surface area contributed by atoms with E-state index in [1.807, 2.05) is 0 Å². The maximum Gasteiger partial charge on any atom is 0.390 e. The van der Waals surface area contributed by atoms with E-state index >= 15 is 0 Å². The molecule has 0 radical (unpaired) electrons. The molecule has 0 amide bonds. The lowest BCUT2D eigenvalue weighted by Gasteiger charge is -2.25. The number of hydrogen-bond donors (Lipinski definition) is 2. The molecule has 0 aromatic rings. The molecular weight excluding hydrogens is 283 g/mol. The molecule has 0 aromatic heterocycles. The van der Waals surface area contributed by atoms with E-state index < -0.39 is 24.7 Å². The highest BCUT2D eigenvalue weighted by atomic mass is 19.4. The molecule has 124 valence electrons. The number of rotatable bonds is 8. The van der Waals surface area contributed by atoms with Gasteiger partial charge in [0.2, 0.25) is 0 Å². The van der Waals surface area contributed by atoms with Crippen LogP contribution in [-0.4, -0.2) is 43.2 Å². The van der Waals surface area contributed by atoms with Crippen molar-refractivity contribution < 1.29 is 23.0 Å². The summed E-state index contributed by atoms with van der Waals surface area (Å²) in [5, 5.41) is 12.4. The van der Waals surface area contributed by atoms with Crippen molar-refractivity contribution in [1.29, 1.82) is 0 Å². The molecule has 1 rings (SSSR count). The zero-order valence-corrected chi connectivity index (χ0v) is 12.7. The van der Waals surface area contributed by atoms with Crippen LogP contribution < -0.4 is 5.32 Å². The molecule has 0 saturated heterocycles. The van der Waals surface area contributed by atoms with Crippen LogP contribution in [0.1, 0.15) is 33.1 Å². The zero-order chi connectivity index (χ0) is 15.9. The summed E-state index contributed by atoms with van der Waals surface area (Å²) in [6, 6.07) is -0.705. The molecule has 0 bridgehead atoms. The van der Waals surface area contributed by atoms with Crippen LogP contribution in [0, 0.1) is 11.8 Å². The first-order valence-corrected chi connectivity index (χ1v) is 7.49. The Morgan fingerprint density at radius 2 is 2.00 bits per heavy atom. The van der Waals surface area contributed by atoms with Gasteiger partial charge in [-0.1, -0.05) is 19.1 Å². The Balaban J connectivity index is 2.11. The van der Waals surface area contributed by atoms with Crippen LogP contribution in [0.3, 0.4) is 0 Å². The largest absolute Gasteiger partial charge is 0.390 e. The topological polar surface area (TPSA) is 41.5 Å². The molecule has 1 aliphatic carbocycles. The van der Waals surface area contributed by atoms with Crippen LogP contribution in [0.2, 0.25) is 0 Å². The fourth-order valence-electron chi connectivity index (χ4n) is 2.41. The van der Waals surface area contributed by atoms with Gasteiger partial charge in [-0.2, -0.15) is 13.2 Å². The Labute approximate surface area is 124 Å². The predicted molar refractivity (Wildman–Crippen MR) is 76.0 cm³/mol. The monoisotopic (exact) mass is 309 g/mol. The van der Waals surface area contributed by atoms with Crippen molar-refractivity contribution in [3.05, 3.63) is 12.2 Å². The number of alkyl halides is 3. The Morgan fingerprint density at radius 1 is 1.33 bits per heavy atom. The average Bonchev–Trinajstić information content (AvgIpc) is 2.37. The van der Waals surface area contributed by atoms with Crippen molar-refractivity contribution in [3.63, 3.8) is 0 Å². The van der Waals surface area contributed by atoms with Gasteiger partial charge in [0.05, 0.1) is 25.7 Å². The van der Waals surface area contributed by atoms with Crippen LogP contribution in [0.5, 0.6) is 0 Å². The number of halogens is 3. The normalized spacial score (nSPS) is 25.8. The van der Waals surface area contributed by atoms with Crippen molar-refractivity contribution in [2.24, 2.45) is 11.8 Å². The first-order chi connectivity index (χ1) is 9.78. The molecule has 3 nitrogen and oxygen atoms in total. The second-order valence-corrected chi connectivity index (χ2v) is 6.00. The molecule has 4 atom stereocenters. The van der Waals surface area contributed by atoms with Gasteiger partial charge in [0, 0.05) is 12.6 Å². The molecule has 0 aliphatic heterocycles. The maximum absolute atomic E-state index is 12.1. The summed E-state index contributed by atoms with van der Waals surface area (Å²) in [6.07, 6.45) is 0.485. The molecule has 0 spiro atoms. The summed E-state index contributed by atoms with van der Waals surface area (Å²) < 4.78 is 41.9. The number of aliphatic hydroxyl groups is 1. The van der Waals surface area contributed by atoms with Gasteiger partial charge in [-0.15, -0.1) is 0 Å². The lowest BCUT2D eigenvalue weighted by atomic mass is 9.85. The zero-order valence-electron chi connectivity index (χ0n) is 12.7. The third-order valence-electron chi connectivity index (χ3n) is 3.80. The second-order valence-electron chi connectivity index (χ2n) is 6.00. The van der Waals surface area contributed by atoms with Gasteiger partial charge >= 0.3 is 6.18 Å². The summed E-state index contributed by atoms with van der Waals surface area (Å²) in [6.45, 7) is 4.47. The second kappa shape index (κ2) is 8.76. The van der Waals surface area contributed by atoms with Crippen LogP contribution in [0.15, 0.2) is 12.2 Å². The Morgan fingerprint density at radius 3 is 2.62 bits per heavy atom. The van der Waals surface area contributed by atoms with Gasteiger partial charge in [-0.05, 0) is 31.6 Å². The minimum atomic E-state index is -4.18. The lowest BCUT2D eigenvalue weighted by molar-refractivity contribution is -0.139. The van der Waals surface area contributed by atoms with Crippen LogP contribution in [0.4, 0.5) is 13.2 Å². The number of hydrogen-bond acceptors (Lipinski definition) is 3. The van der Waals surface area contributed by atoms with E-state index in [2.05, 4.69) is 24.4 Å². The van der Waals surface area contributed by atoms with Crippen molar-refractivity contribution >= 4 is 0 Å². The van der Waals surface area contributed by atoms with Gasteiger partial charge in [-0.3, -0.25) is 0 Å². The average molecular weight is 309 g/mol. The van der Waals surface area contributed by atoms with Crippen molar-refractivity contribution in [2.45, 2.75) is 51.4 Å². The molecule has 1 aliphatic rings. The van der Waals surface area contributed by atoms with Gasteiger partial charge in [0.15, 0.2) is 0 Å². The summed E-state index contributed by atoms with van der Waals surface area (Å²) >= 11 is 0. The molecule has 0 fully saturated rings. The molecule has 2 N–H and O–H groups in total. The molecule has 6 heteroatoms. The van der Waals surface area contributed by atoms with Crippen molar-refractivity contribution in [1.82, 2.24) is 5.32 Å². The Bertz CT molecular complexity index is 321. The first kappa shape index (κ1) is 18.5. The van der Waals surface area contributed by atoms with Gasteiger partial charge in [0.25, 0.3) is 0 Å². The fourth-order valence-corrected chi connectivity index (χ4v) is 2.41. The summed E-state index contributed by atoms with van der Waals surface area (Å²) in [5.41, 5.74) is 0. The van der Waals surface area contributed by atoms with Crippen LogP contribution in [-0.2, 0) is 4.74 Å². The third kappa shape index (κ3) is 8.44. The van der Waals surface area contributed by atoms with Gasteiger partial charge < -0.3 is 15.2 Å².